The molecule has 1 aromatic heterocycles. The predicted octanol–water partition coefficient (Wildman–Crippen LogP) is 2.63. The van der Waals surface area contributed by atoms with Crippen LogP contribution in [0.5, 0.6) is 0 Å². The van der Waals surface area contributed by atoms with Gasteiger partial charge in [-0.2, -0.15) is 0 Å². The van der Waals surface area contributed by atoms with Crippen molar-refractivity contribution in [2.24, 2.45) is 5.73 Å². The molecule has 1 aromatic carbocycles. The van der Waals surface area contributed by atoms with E-state index in [4.69, 9.17) is 17.3 Å². The molecular weight excluding hydrogens is 260 g/mol. The highest BCUT2D eigenvalue weighted by atomic mass is 35.5. The first-order valence-electron chi connectivity index (χ1n) is 6.47. The zero-order valence-electron chi connectivity index (χ0n) is 11.3. The van der Waals surface area contributed by atoms with Gasteiger partial charge in [0, 0.05) is 12.1 Å². The van der Waals surface area contributed by atoms with Gasteiger partial charge in [-0.05, 0) is 30.2 Å². The van der Waals surface area contributed by atoms with E-state index in [9.17, 15) is 0 Å². The monoisotopic (exact) mass is 278 g/mol. The highest BCUT2D eigenvalue weighted by Gasteiger charge is 2.12. The molecule has 0 fully saturated rings. The van der Waals surface area contributed by atoms with Gasteiger partial charge in [-0.3, -0.25) is 4.57 Å². The largest absolute Gasteiger partial charge is 0.330 e. The van der Waals surface area contributed by atoms with Crippen LogP contribution in [0.1, 0.15) is 37.0 Å². The first-order chi connectivity index (χ1) is 9.17. The number of benzene rings is 1. The Hall–Kier alpha value is -1.39. The van der Waals surface area contributed by atoms with Gasteiger partial charge in [-0.25, -0.2) is 0 Å². The summed E-state index contributed by atoms with van der Waals surface area (Å²) in [6, 6.07) is 8.41. The number of alkyl halides is 1. The summed E-state index contributed by atoms with van der Waals surface area (Å²) in [7, 11) is 0. The number of nitrogens with two attached hydrogens (primary N) is 1. The van der Waals surface area contributed by atoms with E-state index in [0.29, 0.717) is 24.8 Å². The van der Waals surface area contributed by atoms with Crippen LogP contribution in [0.25, 0.3) is 5.69 Å². The maximum absolute atomic E-state index is 5.92. The van der Waals surface area contributed by atoms with E-state index in [2.05, 4.69) is 48.3 Å². The maximum Gasteiger partial charge on any atom is 0.152 e. The molecule has 5 heteroatoms. The molecule has 19 heavy (non-hydrogen) atoms. The second-order valence-corrected chi connectivity index (χ2v) is 5.05. The molecule has 0 unspecified atom stereocenters. The van der Waals surface area contributed by atoms with Crippen molar-refractivity contribution in [2.75, 3.05) is 6.54 Å². The molecule has 1 heterocycles. The van der Waals surface area contributed by atoms with Gasteiger partial charge in [0.1, 0.15) is 5.82 Å². The molecule has 0 bridgehead atoms. The van der Waals surface area contributed by atoms with Gasteiger partial charge < -0.3 is 5.73 Å². The van der Waals surface area contributed by atoms with Crippen molar-refractivity contribution in [3.8, 4) is 5.69 Å². The Labute approximate surface area is 118 Å². The van der Waals surface area contributed by atoms with Crippen LogP contribution in [0.3, 0.4) is 0 Å². The highest BCUT2D eigenvalue weighted by Crippen LogP contribution is 2.19. The molecule has 0 radical (unpaired) electrons. The number of rotatable bonds is 5. The van der Waals surface area contributed by atoms with Gasteiger partial charge in [-0.15, -0.1) is 21.8 Å². The second-order valence-electron chi connectivity index (χ2n) is 4.79. The van der Waals surface area contributed by atoms with E-state index in [-0.39, 0.29) is 0 Å². The van der Waals surface area contributed by atoms with E-state index in [0.717, 1.165) is 17.3 Å². The van der Waals surface area contributed by atoms with Gasteiger partial charge in [0.05, 0.1) is 5.88 Å². The van der Waals surface area contributed by atoms with E-state index in [1.165, 1.54) is 5.56 Å². The van der Waals surface area contributed by atoms with Crippen molar-refractivity contribution in [1.82, 2.24) is 14.8 Å². The van der Waals surface area contributed by atoms with Gasteiger partial charge in [-0.1, -0.05) is 26.0 Å². The molecule has 0 amide bonds. The Morgan fingerprint density at radius 1 is 1.16 bits per heavy atom. The van der Waals surface area contributed by atoms with Crippen LogP contribution >= 0.6 is 11.6 Å². The van der Waals surface area contributed by atoms with Crippen molar-refractivity contribution >= 4 is 11.6 Å². The van der Waals surface area contributed by atoms with E-state index in [1.54, 1.807) is 0 Å². The summed E-state index contributed by atoms with van der Waals surface area (Å²) in [5, 5.41) is 8.27. The summed E-state index contributed by atoms with van der Waals surface area (Å²) < 4.78 is 1.99. The molecule has 0 saturated heterocycles. The lowest BCUT2D eigenvalue weighted by Gasteiger charge is -2.11. The summed E-state index contributed by atoms with van der Waals surface area (Å²) >= 11 is 5.92. The van der Waals surface area contributed by atoms with Crippen LogP contribution in [0.2, 0.25) is 0 Å². The summed E-state index contributed by atoms with van der Waals surface area (Å²) in [6.45, 7) is 4.90. The lowest BCUT2D eigenvalue weighted by Crippen LogP contribution is -2.10. The van der Waals surface area contributed by atoms with Crippen molar-refractivity contribution in [3.05, 3.63) is 41.5 Å². The fraction of sp³-hybridized carbons (Fsp3) is 0.429. The molecule has 0 saturated carbocycles. The summed E-state index contributed by atoms with van der Waals surface area (Å²) in [5.74, 6) is 2.47. The Bertz CT molecular complexity index is 531. The van der Waals surface area contributed by atoms with E-state index < -0.39 is 0 Å². The normalized spacial score (nSPS) is 11.2. The molecule has 102 valence electrons. The minimum Gasteiger partial charge on any atom is -0.330 e. The molecule has 2 aromatic rings. The van der Waals surface area contributed by atoms with Crippen molar-refractivity contribution in [1.29, 1.82) is 0 Å². The van der Waals surface area contributed by atoms with Gasteiger partial charge >= 0.3 is 0 Å². The molecule has 0 atom stereocenters. The third kappa shape index (κ3) is 2.96. The standard InChI is InChI=1S/C14H19ClN4/c1-10(2)11-3-5-12(6-4-11)19-13(7-8-16)17-18-14(19)9-15/h3-6,10H,7-9,16H2,1-2H3. The Balaban J connectivity index is 2.41. The molecule has 0 aliphatic heterocycles. The summed E-state index contributed by atoms with van der Waals surface area (Å²) in [6.07, 6.45) is 0.690. The van der Waals surface area contributed by atoms with Gasteiger partial charge in [0.15, 0.2) is 5.82 Å². The average molecular weight is 279 g/mol. The summed E-state index contributed by atoms with van der Waals surface area (Å²) in [5.41, 5.74) is 7.95. The highest BCUT2D eigenvalue weighted by molar-refractivity contribution is 6.16. The second kappa shape index (κ2) is 6.17. The Kier molecular flexibility index (Phi) is 4.56. The van der Waals surface area contributed by atoms with Crippen LogP contribution in [0, 0.1) is 0 Å². The minimum atomic E-state index is 0.337. The van der Waals surface area contributed by atoms with Crippen LogP contribution in [0.15, 0.2) is 24.3 Å². The Morgan fingerprint density at radius 2 is 1.79 bits per heavy atom. The van der Waals surface area contributed by atoms with Crippen molar-refractivity contribution in [3.63, 3.8) is 0 Å². The average Bonchev–Trinajstić information content (AvgIpc) is 2.82. The number of hydrogen-bond donors (Lipinski definition) is 1. The van der Waals surface area contributed by atoms with E-state index >= 15 is 0 Å². The molecule has 0 aliphatic carbocycles. The fourth-order valence-electron chi connectivity index (χ4n) is 2.04. The Morgan fingerprint density at radius 3 is 2.32 bits per heavy atom. The zero-order valence-corrected chi connectivity index (χ0v) is 12.1. The number of hydrogen-bond acceptors (Lipinski definition) is 3. The lowest BCUT2D eigenvalue weighted by atomic mass is 10.0. The third-order valence-electron chi connectivity index (χ3n) is 3.10. The molecule has 2 N–H and O–H groups in total. The van der Waals surface area contributed by atoms with Crippen LogP contribution in [-0.4, -0.2) is 21.3 Å². The smallest absolute Gasteiger partial charge is 0.152 e. The van der Waals surface area contributed by atoms with Crippen LogP contribution in [-0.2, 0) is 12.3 Å². The quantitative estimate of drug-likeness (QED) is 0.856. The lowest BCUT2D eigenvalue weighted by molar-refractivity contribution is 0.819. The molecule has 4 nitrogen and oxygen atoms in total. The fourth-order valence-corrected chi connectivity index (χ4v) is 2.21. The molecule has 0 spiro atoms. The van der Waals surface area contributed by atoms with Crippen LogP contribution < -0.4 is 5.73 Å². The molecule has 0 aliphatic rings. The minimum absolute atomic E-state index is 0.337. The van der Waals surface area contributed by atoms with Gasteiger partial charge in [0.25, 0.3) is 0 Å². The van der Waals surface area contributed by atoms with Crippen molar-refractivity contribution in [2.45, 2.75) is 32.1 Å². The first-order valence-corrected chi connectivity index (χ1v) is 7.00. The number of nitrogens with zero attached hydrogens (tertiary/aromatic N) is 3. The third-order valence-corrected chi connectivity index (χ3v) is 3.34. The number of halogens is 1. The molecule has 2 rings (SSSR count). The molecular formula is C14H19ClN4. The maximum atomic E-state index is 5.92. The van der Waals surface area contributed by atoms with E-state index in [1.807, 2.05) is 4.57 Å². The SMILES string of the molecule is CC(C)c1ccc(-n2c(CCl)nnc2CCN)cc1. The predicted molar refractivity (Wildman–Crippen MR) is 77.8 cm³/mol. The topological polar surface area (TPSA) is 56.7 Å². The number of aromatic nitrogens is 3. The summed E-state index contributed by atoms with van der Waals surface area (Å²) in [4.78, 5) is 0. The van der Waals surface area contributed by atoms with Crippen LogP contribution in [0.4, 0.5) is 0 Å². The van der Waals surface area contributed by atoms with Crippen molar-refractivity contribution < 1.29 is 0 Å². The first kappa shape index (κ1) is 14.0. The van der Waals surface area contributed by atoms with Gasteiger partial charge in [0.2, 0.25) is 0 Å². The zero-order chi connectivity index (χ0) is 13.8.